The molecule has 1 aliphatic carbocycles. The van der Waals surface area contributed by atoms with Crippen LogP contribution in [-0.4, -0.2) is 39.0 Å². The van der Waals surface area contributed by atoms with Crippen LogP contribution in [0.25, 0.3) is 0 Å². The molecule has 0 saturated carbocycles. The monoisotopic (exact) mass is 524 g/mol. The fourth-order valence-corrected chi connectivity index (χ4v) is 6.56. The predicted molar refractivity (Wildman–Crippen MR) is 145 cm³/mol. The van der Waals surface area contributed by atoms with Crippen molar-refractivity contribution >= 4 is 40.0 Å². The molecule has 0 spiro atoms. The number of carbonyl (C=O) groups is 2. The van der Waals surface area contributed by atoms with E-state index in [0.717, 1.165) is 43.5 Å². The first kappa shape index (κ1) is 26.2. The summed E-state index contributed by atoms with van der Waals surface area (Å²) in [6, 6.07) is 10.3. The highest BCUT2D eigenvalue weighted by Gasteiger charge is 2.29. The molecule has 7 nitrogen and oxygen atoms in total. The highest BCUT2D eigenvalue weighted by Crippen LogP contribution is 2.40. The molecule has 190 valence electrons. The van der Waals surface area contributed by atoms with Crippen LogP contribution < -0.4 is 5.32 Å². The lowest BCUT2D eigenvalue weighted by Crippen LogP contribution is -2.18. The largest absolute Gasteiger partial charge is 0.462 e. The van der Waals surface area contributed by atoms with Crippen molar-refractivity contribution in [1.29, 1.82) is 0 Å². The summed E-state index contributed by atoms with van der Waals surface area (Å²) in [7, 11) is 0. The summed E-state index contributed by atoms with van der Waals surface area (Å²) in [5.74, 6) is 1.05. The van der Waals surface area contributed by atoms with E-state index in [4.69, 9.17) is 4.74 Å². The third kappa shape index (κ3) is 6.25. The first-order valence-corrected chi connectivity index (χ1v) is 14.1. The summed E-state index contributed by atoms with van der Waals surface area (Å²) in [6.45, 7) is 8.74. The van der Waals surface area contributed by atoms with Crippen molar-refractivity contribution in [3.05, 3.63) is 70.4 Å². The molecule has 2 aromatic heterocycles. The van der Waals surface area contributed by atoms with E-state index in [9.17, 15) is 9.59 Å². The Morgan fingerprint density at radius 1 is 1.28 bits per heavy atom. The van der Waals surface area contributed by atoms with Crippen LogP contribution in [0.4, 0.5) is 5.00 Å². The highest BCUT2D eigenvalue weighted by atomic mass is 32.2. The number of hydrogen-bond donors (Lipinski definition) is 1. The molecule has 4 rings (SSSR count). The molecule has 0 radical (unpaired) electrons. The maximum Gasteiger partial charge on any atom is 0.341 e. The Hall–Kier alpha value is -2.91. The molecule has 1 aromatic carbocycles. The van der Waals surface area contributed by atoms with E-state index in [2.05, 4.69) is 41.1 Å². The Bertz CT molecular complexity index is 1220. The molecular weight excluding hydrogens is 492 g/mol. The van der Waals surface area contributed by atoms with Gasteiger partial charge in [-0.05, 0) is 49.7 Å². The normalized spacial score (nSPS) is 14.8. The summed E-state index contributed by atoms with van der Waals surface area (Å²) in [6.07, 6.45) is 6.21. The van der Waals surface area contributed by atoms with Crippen molar-refractivity contribution in [2.75, 3.05) is 17.7 Å². The van der Waals surface area contributed by atoms with Crippen LogP contribution in [-0.2, 0) is 41.8 Å². The molecule has 1 N–H and O–H groups in total. The van der Waals surface area contributed by atoms with E-state index in [1.54, 1.807) is 6.92 Å². The second-order valence-corrected chi connectivity index (χ2v) is 10.9. The number of allylic oxidation sites excluding steroid dienone is 1. The number of ether oxygens (including phenoxy) is 1. The zero-order valence-electron chi connectivity index (χ0n) is 20.8. The maximum absolute atomic E-state index is 12.9. The molecule has 2 heterocycles. The number of thiophene rings is 1. The molecule has 1 atom stereocenters. The first-order valence-electron chi connectivity index (χ1n) is 12.3. The van der Waals surface area contributed by atoms with Crippen molar-refractivity contribution in [2.24, 2.45) is 5.92 Å². The molecule has 1 aliphatic rings. The number of nitrogens with one attached hydrogen (secondary N) is 1. The van der Waals surface area contributed by atoms with Crippen LogP contribution in [0.3, 0.4) is 0 Å². The number of nitrogens with zero attached hydrogens (tertiary/aromatic N) is 3. The number of aryl methyl sites for hydroxylation is 2. The number of esters is 1. The lowest BCUT2D eigenvalue weighted by atomic mass is 9.88. The number of carbonyl (C=O) groups excluding carboxylic acids is 2. The second kappa shape index (κ2) is 12.4. The molecule has 36 heavy (non-hydrogen) atoms. The van der Waals surface area contributed by atoms with Crippen molar-refractivity contribution in [1.82, 2.24) is 14.8 Å². The Labute approximate surface area is 220 Å². The second-order valence-electron chi connectivity index (χ2n) is 8.90. The van der Waals surface area contributed by atoms with Gasteiger partial charge in [0.25, 0.3) is 0 Å². The fourth-order valence-electron chi connectivity index (χ4n) is 4.37. The van der Waals surface area contributed by atoms with Gasteiger partial charge in [-0.1, -0.05) is 55.1 Å². The Balaban J connectivity index is 1.43. The average molecular weight is 525 g/mol. The number of benzene rings is 1. The quantitative estimate of drug-likeness (QED) is 0.207. The Morgan fingerprint density at radius 3 is 2.83 bits per heavy atom. The number of rotatable bonds is 11. The van der Waals surface area contributed by atoms with Gasteiger partial charge in [0.1, 0.15) is 10.8 Å². The summed E-state index contributed by atoms with van der Waals surface area (Å²) in [4.78, 5) is 26.8. The van der Waals surface area contributed by atoms with Gasteiger partial charge < -0.3 is 14.6 Å². The number of anilines is 1. The minimum atomic E-state index is -0.360. The van der Waals surface area contributed by atoms with Crippen molar-refractivity contribution in [3.63, 3.8) is 0 Å². The van der Waals surface area contributed by atoms with Crippen LogP contribution in [0.5, 0.6) is 0 Å². The van der Waals surface area contributed by atoms with E-state index >= 15 is 0 Å². The van der Waals surface area contributed by atoms with Gasteiger partial charge in [-0.25, -0.2) is 4.79 Å². The maximum atomic E-state index is 12.9. The minimum absolute atomic E-state index is 0.162. The van der Waals surface area contributed by atoms with Gasteiger partial charge in [0.05, 0.1) is 17.9 Å². The van der Waals surface area contributed by atoms with Crippen LogP contribution >= 0.6 is 23.1 Å². The first-order chi connectivity index (χ1) is 17.5. The van der Waals surface area contributed by atoms with Crippen LogP contribution in [0.2, 0.25) is 0 Å². The molecule has 3 aromatic rings. The molecule has 9 heteroatoms. The van der Waals surface area contributed by atoms with Gasteiger partial charge in [0.15, 0.2) is 5.16 Å². The summed E-state index contributed by atoms with van der Waals surface area (Å²) in [5.41, 5.74) is 2.80. The highest BCUT2D eigenvalue weighted by molar-refractivity contribution is 7.99. The van der Waals surface area contributed by atoms with Gasteiger partial charge in [-0.15, -0.1) is 28.1 Å². The lowest BCUT2D eigenvalue weighted by Gasteiger charge is -2.18. The summed E-state index contributed by atoms with van der Waals surface area (Å²) >= 11 is 2.84. The molecule has 0 aliphatic heterocycles. The van der Waals surface area contributed by atoms with Crippen molar-refractivity contribution in [2.45, 2.75) is 57.7 Å². The molecule has 0 bridgehead atoms. The number of amides is 1. The number of hydrogen-bond acceptors (Lipinski definition) is 7. The zero-order valence-corrected chi connectivity index (χ0v) is 22.4. The summed E-state index contributed by atoms with van der Waals surface area (Å²) in [5, 5.41) is 13.0. The van der Waals surface area contributed by atoms with E-state index < -0.39 is 0 Å². The molecule has 0 saturated heterocycles. The van der Waals surface area contributed by atoms with Crippen LogP contribution in [0, 0.1) is 5.92 Å². The smallest absolute Gasteiger partial charge is 0.341 e. The SMILES string of the molecule is C=CCn1c(CCc2ccccc2)nnc1SCC(=O)Nc1sc2c(c1C(=O)OCC)CCC(C)C2. The van der Waals surface area contributed by atoms with Crippen LogP contribution in [0.1, 0.15) is 52.5 Å². The van der Waals surface area contributed by atoms with Gasteiger partial charge in [0.2, 0.25) is 5.91 Å². The predicted octanol–water partition coefficient (Wildman–Crippen LogP) is 5.34. The van der Waals surface area contributed by atoms with Crippen molar-refractivity contribution in [3.8, 4) is 0 Å². The minimum Gasteiger partial charge on any atom is -0.462 e. The number of fused-ring (bicyclic) bond motifs is 1. The topological polar surface area (TPSA) is 86.1 Å². The van der Waals surface area contributed by atoms with Gasteiger partial charge in [-0.3, -0.25) is 4.79 Å². The van der Waals surface area contributed by atoms with Gasteiger partial charge in [0, 0.05) is 17.8 Å². The van der Waals surface area contributed by atoms with Crippen molar-refractivity contribution < 1.29 is 14.3 Å². The summed E-state index contributed by atoms with van der Waals surface area (Å²) < 4.78 is 7.31. The molecule has 1 amide bonds. The Kier molecular flexibility index (Phi) is 8.98. The third-order valence-electron chi connectivity index (χ3n) is 6.16. The molecule has 0 fully saturated rings. The molecular formula is C27H32N4O3S2. The van der Waals surface area contributed by atoms with Gasteiger partial charge >= 0.3 is 5.97 Å². The number of thioether (sulfide) groups is 1. The van der Waals surface area contributed by atoms with E-state index in [-0.39, 0.29) is 17.6 Å². The van der Waals surface area contributed by atoms with E-state index in [1.807, 2.05) is 28.8 Å². The standard InChI is InChI=1S/C27H32N4O3S2/c1-4-15-31-22(14-12-19-9-7-6-8-10-19)29-30-27(31)35-17-23(32)28-25-24(26(33)34-5-2)20-13-11-18(3)16-21(20)36-25/h4,6-10,18H,1,5,11-17H2,2-3H3,(H,28,32). The fraction of sp³-hybridized carbons (Fsp3) is 0.407. The van der Waals surface area contributed by atoms with E-state index in [0.29, 0.717) is 34.8 Å². The lowest BCUT2D eigenvalue weighted by molar-refractivity contribution is -0.113. The molecule has 1 unspecified atom stereocenters. The van der Waals surface area contributed by atoms with Gasteiger partial charge in [-0.2, -0.15) is 0 Å². The zero-order chi connectivity index (χ0) is 25.5. The Morgan fingerprint density at radius 2 is 2.08 bits per heavy atom. The van der Waals surface area contributed by atoms with Crippen LogP contribution in [0.15, 0.2) is 48.1 Å². The van der Waals surface area contributed by atoms with E-state index in [1.165, 1.54) is 33.5 Å². The average Bonchev–Trinajstić information content (AvgIpc) is 3.42. The number of aromatic nitrogens is 3. The third-order valence-corrected chi connectivity index (χ3v) is 8.30.